The molecule has 0 spiro atoms. The zero-order valence-electron chi connectivity index (χ0n) is 9.49. The van der Waals surface area contributed by atoms with Crippen molar-refractivity contribution in [1.29, 1.82) is 0 Å². The molecule has 0 heterocycles. The zero-order chi connectivity index (χ0) is 11.5. The van der Waals surface area contributed by atoms with E-state index in [9.17, 15) is 4.79 Å². The minimum Gasteiger partial charge on any atom is -0.496 e. The van der Waals surface area contributed by atoms with Crippen LogP contribution in [0.15, 0.2) is 30.3 Å². The van der Waals surface area contributed by atoms with Crippen LogP contribution in [-0.2, 0) is 6.42 Å². The summed E-state index contributed by atoms with van der Waals surface area (Å²) in [6, 6.07) is 9.98. The molecule has 0 atom stereocenters. The van der Waals surface area contributed by atoms with Gasteiger partial charge in [-0.25, -0.2) is 0 Å². The molecule has 16 heavy (non-hydrogen) atoms. The largest absolute Gasteiger partial charge is 0.496 e. The molecule has 2 rings (SSSR count). The van der Waals surface area contributed by atoms with Gasteiger partial charge in [0.2, 0.25) is 0 Å². The van der Waals surface area contributed by atoms with E-state index in [1.54, 1.807) is 7.11 Å². The molecule has 2 heteroatoms. The van der Waals surface area contributed by atoms with Gasteiger partial charge in [-0.15, -0.1) is 0 Å². The van der Waals surface area contributed by atoms with Gasteiger partial charge >= 0.3 is 0 Å². The van der Waals surface area contributed by atoms with Crippen LogP contribution in [0.5, 0.6) is 5.75 Å². The number of ether oxygens (including phenoxy) is 1. The fourth-order valence-corrected chi connectivity index (χ4v) is 1.90. The average molecular weight is 214 g/mol. The van der Waals surface area contributed by atoms with Crippen LogP contribution in [0.25, 0.3) is 10.8 Å². The fourth-order valence-electron chi connectivity index (χ4n) is 1.90. The van der Waals surface area contributed by atoms with Gasteiger partial charge in [0.15, 0.2) is 6.29 Å². The predicted molar refractivity (Wildman–Crippen MR) is 65.3 cm³/mol. The van der Waals surface area contributed by atoms with Gasteiger partial charge in [-0.2, -0.15) is 0 Å². The Labute approximate surface area is 94.8 Å². The normalized spacial score (nSPS) is 10.4. The van der Waals surface area contributed by atoms with E-state index in [0.717, 1.165) is 23.5 Å². The van der Waals surface area contributed by atoms with Crippen molar-refractivity contribution in [3.8, 4) is 5.75 Å². The van der Waals surface area contributed by atoms with Gasteiger partial charge in [0.25, 0.3) is 0 Å². The van der Waals surface area contributed by atoms with Crippen LogP contribution in [0.1, 0.15) is 22.8 Å². The molecule has 82 valence electrons. The Hall–Kier alpha value is -1.83. The molecule has 0 amide bonds. The molecule has 0 aliphatic heterocycles. The van der Waals surface area contributed by atoms with Gasteiger partial charge in [0.05, 0.1) is 12.7 Å². The van der Waals surface area contributed by atoms with Gasteiger partial charge in [-0.05, 0) is 28.8 Å². The highest BCUT2D eigenvalue weighted by atomic mass is 16.5. The van der Waals surface area contributed by atoms with Crippen molar-refractivity contribution in [3.05, 3.63) is 41.5 Å². The van der Waals surface area contributed by atoms with Crippen LogP contribution >= 0.6 is 0 Å². The smallest absolute Gasteiger partial charge is 0.154 e. The van der Waals surface area contributed by atoms with Crippen molar-refractivity contribution in [2.75, 3.05) is 7.11 Å². The topological polar surface area (TPSA) is 26.3 Å². The van der Waals surface area contributed by atoms with E-state index >= 15 is 0 Å². The van der Waals surface area contributed by atoms with Gasteiger partial charge < -0.3 is 4.74 Å². The molecule has 0 aliphatic rings. The van der Waals surface area contributed by atoms with Crippen LogP contribution in [0.3, 0.4) is 0 Å². The average Bonchev–Trinajstić information content (AvgIpc) is 2.36. The number of rotatable bonds is 3. The first kappa shape index (κ1) is 10.7. The van der Waals surface area contributed by atoms with Crippen LogP contribution in [0.4, 0.5) is 0 Å². The number of benzene rings is 2. The molecule has 0 fully saturated rings. The maximum absolute atomic E-state index is 11.1. The molecule has 0 radical (unpaired) electrons. The van der Waals surface area contributed by atoms with Crippen LogP contribution in [0, 0.1) is 0 Å². The van der Waals surface area contributed by atoms with Gasteiger partial charge in [-0.1, -0.05) is 31.2 Å². The molecule has 2 aromatic rings. The van der Waals surface area contributed by atoms with Gasteiger partial charge in [0.1, 0.15) is 5.75 Å². The Balaban J connectivity index is 2.74. The van der Waals surface area contributed by atoms with E-state index in [1.807, 2.05) is 18.2 Å². The molecule has 2 aromatic carbocycles. The van der Waals surface area contributed by atoms with E-state index in [4.69, 9.17) is 4.74 Å². The standard InChI is InChI=1S/C14H14O2/c1-3-10-4-6-12-11(8-10)5-7-14(16-2)13(12)9-15/h4-9H,3H2,1-2H3. The summed E-state index contributed by atoms with van der Waals surface area (Å²) in [6.45, 7) is 2.12. The van der Waals surface area contributed by atoms with Crippen molar-refractivity contribution >= 4 is 17.1 Å². The predicted octanol–water partition coefficient (Wildman–Crippen LogP) is 3.22. The Morgan fingerprint density at radius 1 is 1.25 bits per heavy atom. The Bertz CT molecular complexity index is 529. The third kappa shape index (κ3) is 1.67. The van der Waals surface area contributed by atoms with Gasteiger partial charge in [0, 0.05) is 0 Å². The van der Waals surface area contributed by atoms with Crippen LogP contribution in [0.2, 0.25) is 0 Å². The zero-order valence-corrected chi connectivity index (χ0v) is 9.49. The summed E-state index contributed by atoms with van der Waals surface area (Å²) in [5, 5.41) is 2.04. The van der Waals surface area contributed by atoms with E-state index in [1.165, 1.54) is 5.56 Å². The lowest BCUT2D eigenvalue weighted by atomic mass is 10.0. The second kappa shape index (κ2) is 4.35. The lowest BCUT2D eigenvalue weighted by molar-refractivity contribution is 0.112. The van der Waals surface area contributed by atoms with E-state index in [2.05, 4.69) is 19.1 Å². The summed E-state index contributed by atoms with van der Waals surface area (Å²) in [5.74, 6) is 0.631. The number of hydrogen-bond donors (Lipinski definition) is 0. The summed E-state index contributed by atoms with van der Waals surface area (Å²) >= 11 is 0. The first-order valence-electron chi connectivity index (χ1n) is 5.35. The lowest BCUT2D eigenvalue weighted by Gasteiger charge is -2.08. The number of carbonyl (C=O) groups excluding carboxylic acids is 1. The fraction of sp³-hybridized carbons (Fsp3) is 0.214. The van der Waals surface area contributed by atoms with Gasteiger partial charge in [-0.3, -0.25) is 4.79 Å². The molecule has 0 aromatic heterocycles. The van der Waals surface area contributed by atoms with E-state index in [-0.39, 0.29) is 0 Å². The summed E-state index contributed by atoms with van der Waals surface area (Å²) in [4.78, 5) is 11.1. The van der Waals surface area contributed by atoms with Crippen molar-refractivity contribution in [1.82, 2.24) is 0 Å². The molecule has 2 nitrogen and oxygen atoms in total. The number of methoxy groups -OCH3 is 1. The summed E-state index contributed by atoms with van der Waals surface area (Å²) < 4.78 is 5.17. The highest BCUT2D eigenvalue weighted by molar-refractivity contribution is 6.01. The molecular weight excluding hydrogens is 200 g/mol. The highest BCUT2D eigenvalue weighted by Gasteiger charge is 2.07. The van der Waals surface area contributed by atoms with Crippen LogP contribution in [-0.4, -0.2) is 13.4 Å². The number of carbonyl (C=O) groups is 1. The Morgan fingerprint density at radius 2 is 2.06 bits per heavy atom. The van der Waals surface area contributed by atoms with Crippen molar-refractivity contribution in [2.45, 2.75) is 13.3 Å². The second-order valence-corrected chi connectivity index (χ2v) is 3.71. The maximum Gasteiger partial charge on any atom is 0.154 e. The first-order chi connectivity index (χ1) is 7.80. The molecule has 0 N–H and O–H groups in total. The third-order valence-electron chi connectivity index (χ3n) is 2.83. The minimum absolute atomic E-state index is 0.627. The van der Waals surface area contributed by atoms with Crippen LogP contribution < -0.4 is 4.74 Å². The maximum atomic E-state index is 11.1. The number of fused-ring (bicyclic) bond motifs is 1. The molecular formula is C14H14O2. The van der Waals surface area contributed by atoms with Crippen molar-refractivity contribution in [3.63, 3.8) is 0 Å². The molecule has 0 aliphatic carbocycles. The molecule has 0 bridgehead atoms. The second-order valence-electron chi connectivity index (χ2n) is 3.71. The first-order valence-corrected chi connectivity index (χ1v) is 5.35. The third-order valence-corrected chi connectivity index (χ3v) is 2.83. The van der Waals surface area contributed by atoms with Crippen molar-refractivity contribution in [2.24, 2.45) is 0 Å². The van der Waals surface area contributed by atoms with E-state index in [0.29, 0.717) is 11.3 Å². The Morgan fingerprint density at radius 3 is 2.69 bits per heavy atom. The molecule has 0 unspecified atom stereocenters. The number of aryl methyl sites for hydroxylation is 1. The highest BCUT2D eigenvalue weighted by Crippen LogP contribution is 2.27. The molecule has 0 saturated heterocycles. The monoisotopic (exact) mass is 214 g/mol. The summed E-state index contributed by atoms with van der Waals surface area (Å²) in [6.07, 6.45) is 1.85. The summed E-state index contributed by atoms with van der Waals surface area (Å²) in [5.41, 5.74) is 1.90. The molecule has 0 saturated carbocycles. The SMILES string of the molecule is CCc1ccc2c(C=O)c(OC)ccc2c1. The Kier molecular flexibility index (Phi) is 2.91. The van der Waals surface area contributed by atoms with Crippen molar-refractivity contribution < 1.29 is 9.53 Å². The minimum atomic E-state index is 0.627. The quantitative estimate of drug-likeness (QED) is 0.733. The summed E-state index contributed by atoms with van der Waals surface area (Å²) in [7, 11) is 1.58. The number of hydrogen-bond acceptors (Lipinski definition) is 2. The number of aldehydes is 1. The lowest BCUT2D eigenvalue weighted by Crippen LogP contribution is -1.92. The van der Waals surface area contributed by atoms with E-state index < -0.39 is 0 Å².